The molecule has 2 aliphatic rings. The molecule has 15 rings (SSSR count). The van der Waals surface area contributed by atoms with E-state index in [1.807, 2.05) is 11.3 Å². The Kier molecular flexibility index (Phi) is 9.72. The highest BCUT2D eigenvalue weighted by atomic mass is 32.1. The van der Waals surface area contributed by atoms with Crippen LogP contribution in [0.3, 0.4) is 0 Å². The number of rotatable bonds is 5. The SMILES string of the molecule is CC(C)(C)c1ccc(N2B3c4cc5sc(-c6ccccc6)c(-c6ccccc6)c5cc4N(c4ccc(C(C)(C)C)cc4-c4ccccc4)c4cc5c(oc6ccccc65)c(c43)-c3cc4c(cc32)oc2ccccc24)cc1. The predicted molar refractivity (Wildman–Crippen MR) is 324 cm³/mol. The Morgan fingerprint density at radius 3 is 1.68 bits per heavy atom. The van der Waals surface area contributed by atoms with E-state index in [1.54, 1.807) is 0 Å². The number of benzene rings is 10. The number of hydrogen-bond donors (Lipinski definition) is 0. The van der Waals surface area contributed by atoms with Crippen LogP contribution in [0.15, 0.2) is 221 Å². The van der Waals surface area contributed by atoms with Gasteiger partial charge in [0.2, 0.25) is 0 Å². The van der Waals surface area contributed by atoms with Gasteiger partial charge in [0.1, 0.15) is 22.3 Å². The molecular formula is C70H53BN2O2S. The van der Waals surface area contributed by atoms with Gasteiger partial charge in [-0.1, -0.05) is 187 Å². The topological polar surface area (TPSA) is 32.8 Å². The molecule has 0 aliphatic carbocycles. The van der Waals surface area contributed by atoms with Crippen molar-refractivity contribution in [1.29, 1.82) is 0 Å². The summed E-state index contributed by atoms with van der Waals surface area (Å²) < 4.78 is 15.3. The molecule has 6 heteroatoms. The van der Waals surface area contributed by atoms with Gasteiger partial charge in [0.15, 0.2) is 0 Å². The maximum Gasteiger partial charge on any atom is 0.333 e. The summed E-state index contributed by atoms with van der Waals surface area (Å²) in [5.41, 5.74) is 22.2. The number of anilines is 5. The minimum absolute atomic E-state index is 0.0277. The molecule has 76 heavy (non-hydrogen) atoms. The van der Waals surface area contributed by atoms with Crippen molar-refractivity contribution in [2.45, 2.75) is 52.4 Å². The van der Waals surface area contributed by atoms with E-state index in [0.29, 0.717) is 0 Å². The quantitative estimate of drug-likeness (QED) is 0.161. The van der Waals surface area contributed by atoms with E-state index in [-0.39, 0.29) is 17.7 Å². The summed E-state index contributed by atoms with van der Waals surface area (Å²) in [6, 6.07) is 78.7. The van der Waals surface area contributed by atoms with Crippen molar-refractivity contribution in [2.75, 3.05) is 9.71 Å². The molecule has 0 spiro atoms. The van der Waals surface area contributed by atoms with E-state index in [2.05, 4.69) is 264 Å². The summed E-state index contributed by atoms with van der Waals surface area (Å²) in [4.78, 5) is 6.49. The summed E-state index contributed by atoms with van der Waals surface area (Å²) in [5, 5.41) is 5.58. The van der Waals surface area contributed by atoms with Gasteiger partial charge < -0.3 is 18.5 Å². The number of para-hydroxylation sites is 2. The molecule has 4 nitrogen and oxygen atoms in total. The zero-order valence-corrected chi connectivity index (χ0v) is 44.2. The van der Waals surface area contributed by atoms with Crippen LogP contribution in [0.25, 0.3) is 97.8 Å². The van der Waals surface area contributed by atoms with Crippen molar-refractivity contribution in [2.24, 2.45) is 0 Å². The smallest absolute Gasteiger partial charge is 0.333 e. The third-order valence-corrected chi connectivity index (χ3v) is 17.4. The van der Waals surface area contributed by atoms with Gasteiger partial charge in [-0.3, -0.25) is 0 Å². The Morgan fingerprint density at radius 1 is 0.408 bits per heavy atom. The Balaban J connectivity index is 1.14. The van der Waals surface area contributed by atoms with Crippen LogP contribution in [0.1, 0.15) is 52.7 Å². The van der Waals surface area contributed by atoms with E-state index in [1.165, 1.54) is 64.8 Å². The van der Waals surface area contributed by atoms with Crippen molar-refractivity contribution >= 4 is 112 Å². The van der Waals surface area contributed by atoms with Crippen molar-refractivity contribution < 1.29 is 8.83 Å². The molecule has 0 saturated heterocycles. The van der Waals surface area contributed by atoms with Crippen LogP contribution in [-0.4, -0.2) is 6.85 Å². The molecule has 0 fully saturated rings. The van der Waals surface area contributed by atoms with Gasteiger partial charge in [-0.2, -0.15) is 0 Å². The fourth-order valence-electron chi connectivity index (χ4n) is 12.4. The highest BCUT2D eigenvalue weighted by Gasteiger charge is 2.48. The first-order valence-electron chi connectivity index (χ1n) is 26.5. The summed E-state index contributed by atoms with van der Waals surface area (Å²) in [7, 11) is 0. The molecule has 2 aliphatic heterocycles. The predicted octanol–water partition coefficient (Wildman–Crippen LogP) is 19.0. The number of nitrogens with zero attached hydrogens (tertiary/aromatic N) is 2. The molecule has 0 bridgehead atoms. The van der Waals surface area contributed by atoms with Crippen LogP contribution in [0.4, 0.5) is 28.4 Å². The first-order valence-corrected chi connectivity index (χ1v) is 27.3. The van der Waals surface area contributed by atoms with Gasteiger partial charge in [-0.25, -0.2) is 0 Å². The molecule has 13 aromatic rings. The summed E-state index contributed by atoms with van der Waals surface area (Å²) in [6.45, 7) is 13.5. The lowest BCUT2D eigenvalue weighted by molar-refractivity contribution is 0.590. The van der Waals surface area contributed by atoms with Crippen LogP contribution in [0.2, 0.25) is 0 Å². The third-order valence-electron chi connectivity index (χ3n) is 16.2. The average molecular weight is 997 g/mol. The maximum absolute atomic E-state index is 7.26. The van der Waals surface area contributed by atoms with Crippen LogP contribution >= 0.6 is 11.3 Å². The standard InChI is InChI=1S/C70H53BN2O2S/c1-69(2,3)45-30-33-47(34-31-45)73-57-41-62-51(48-26-16-18-28-60(48)74-62)37-53(57)65-66-59(38-52-49-27-17-19-29-61(49)75-67(52)65)72(56-35-32-46(70(4,5)6)36-50(56)42-20-10-7-11-21-42)58-39-54-63(40-55(58)71(66)73)76-68(44-24-14-9-15-25-44)64(54)43-22-12-8-13-23-43/h7-41H,1-6H3. The Bertz CT molecular complexity index is 4480. The van der Waals surface area contributed by atoms with Crippen LogP contribution < -0.4 is 20.6 Å². The second-order valence-corrected chi connectivity index (χ2v) is 23.9. The lowest BCUT2D eigenvalue weighted by atomic mass is 9.43. The van der Waals surface area contributed by atoms with E-state index in [4.69, 9.17) is 8.83 Å². The number of fused-ring (bicyclic) bond motifs is 12. The van der Waals surface area contributed by atoms with E-state index in [0.717, 1.165) is 83.4 Å². The molecular weight excluding hydrogens is 944 g/mol. The average Bonchev–Trinajstić information content (AvgIpc) is 4.26. The van der Waals surface area contributed by atoms with Gasteiger partial charge in [0.05, 0.1) is 5.69 Å². The van der Waals surface area contributed by atoms with E-state index >= 15 is 0 Å². The van der Waals surface area contributed by atoms with Crippen molar-refractivity contribution in [3.05, 3.63) is 223 Å². The van der Waals surface area contributed by atoms with Crippen molar-refractivity contribution in [3.63, 3.8) is 0 Å². The fourth-order valence-corrected chi connectivity index (χ4v) is 13.7. The molecule has 5 heterocycles. The molecule has 3 aromatic heterocycles. The molecule has 0 amide bonds. The Labute approximate surface area is 447 Å². The zero-order valence-electron chi connectivity index (χ0n) is 43.4. The Hall–Kier alpha value is -8.58. The van der Waals surface area contributed by atoms with Crippen LogP contribution in [0.5, 0.6) is 0 Å². The van der Waals surface area contributed by atoms with Crippen molar-refractivity contribution in [1.82, 2.24) is 0 Å². The summed E-state index contributed by atoms with van der Waals surface area (Å²) >= 11 is 1.89. The monoisotopic (exact) mass is 996 g/mol. The second kappa shape index (κ2) is 16.5. The number of thiophene rings is 1. The fraction of sp³-hybridized carbons (Fsp3) is 0.114. The van der Waals surface area contributed by atoms with Gasteiger partial charge in [-0.05, 0) is 110 Å². The number of hydrogen-bond acceptors (Lipinski definition) is 5. The van der Waals surface area contributed by atoms with Gasteiger partial charge >= 0.3 is 6.85 Å². The third kappa shape index (κ3) is 6.76. The summed E-state index contributed by atoms with van der Waals surface area (Å²) in [6.07, 6.45) is 0. The molecule has 364 valence electrons. The van der Waals surface area contributed by atoms with E-state index < -0.39 is 0 Å². The first kappa shape index (κ1) is 44.9. The van der Waals surface area contributed by atoms with E-state index in [9.17, 15) is 0 Å². The minimum atomic E-state index is -0.287. The Morgan fingerprint density at radius 2 is 1.00 bits per heavy atom. The molecule has 0 radical (unpaired) electrons. The van der Waals surface area contributed by atoms with Gasteiger partial charge in [0.25, 0.3) is 0 Å². The maximum atomic E-state index is 7.26. The molecule has 10 aromatic carbocycles. The number of furan rings is 2. The molecule has 0 atom stereocenters. The minimum Gasteiger partial charge on any atom is -0.456 e. The van der Waals surface area contributed by atoms with Crippen LogP contribution in [0, 0.1) is 0 Å². The molecule has 0 unspecified atom stereocenters. The first-order chi connectivity index (χ1) is 37.0. The van der Waals surface area contributed by atoms with Gasteiger partial charge in [0, 0.05) is 87.6 Å². The van der Waals surface area contributed by atoms with Gasteiger partial charge in [-0.15, -0.1) is 11.3 Å². The summed E-state index contributed by atoms with van der Waals surface area (Å²) in [5.74, 6) is 0. The highest BCUT2D eigenvalue weighted by Crippen LogP contribution is 2.55. The highest BCUT2D eigenvalue weighted by molar-refractivity contribution is 7.23. The zero-order chi connectivity index (χ0) is 51.2. The lowest BCUT2D eigenvalue weighted by Crippen LogP contribution is -2.61. The van der Waals surface area contributed by atoms with Crippen molar-refractivity contribution in [3.8, 4) is 43.8 Å². The normalized spacial score (nSPS) is 13.3. The van der Waals surface area contributed by atoms with Crippen LogP contribution in [-0.2, 0) is 10.8 Å². The molecule has 0 saturated carbocycles. The molecule has 0 N–H and O–H groups in total. The second-order valence-electron chi connectivity index (χ2n) is 22.8. The largest absolute Gasteiger partial charge is 0.456 e. The lowest BCUT2D eigenvalue weighted by Gasteiger charge is -2.46.